The molecule has 368 valence electrons. The molecule has 6 heteroatoms. The van der Waals surface area contributed by atoms with Crippen molar-refractivity contribution >= 4 is 17.9 Å². The highest BCUT2D eigenvalue weighted by Crippen LogP contribution is 2.18. The van der Waals surface area contributed by atoms with Crippen LogP contribution in [-0.2, 0) is 28.6 Å². The van der Waals surface area contributed by atoms with E-state index < -0.39 is 6.10 Å². The molecule has 0 saturated carbocycles. The van der Waals surface area contributed by atoms with E-state index in [9.17, 15) is 14.4 Å². The summed E-state index contributed by atoms with van der Waals surface area (Å²) >= 11 is 0. The Morgan fingerprint density at radius 1 is 0.306 bits per heavy atom. The monoisotopic (exact) mass is 877 g/mol. The Labute approximate surface area is 387 Å². The van der Waals surface area contributed by atoms with E-state index in [0.29, 0.717) is 19.3 Å². The van der Waals surface area contributed by atoms with Gasteiger partial charge in [0.05, 0.1) is 0 Å². The summed E-state index contributed by atoms with van der Waals surface area (Å²) in [6.45, 7) is 9.04. The number of unbranched alkanes of at least 4 members (excludes halogenated alkanes) is 38. The molecular formula is C56H108O6. The Bertz CT molecular complexity index is 933. The van der Waals surface area contributed by atoms with Crippen LogP contribution in [0.25, 0.3) is 0 Å². The average molecular weight is 877 g/mol. The van der Waals surface area contributed by atoms with Gasteiger partial charge in [0.15, 0.2) is 6.10 Å². The molecule has 0 aromatic heterocycles. The van der Waals surface area contributed by atoms with Gasteiger partial charge in [0, 0.05) is 19.3 Å². The first-order chi connectivity index (χ1) is 30.4. The largest absolute Gasteiger partial charge is 0.462 e. The summed E-state index contributed by atoms with van der Waals surface area (Å²) in [4.78, 5) is 38.1. The van der Waals surface area contributed by atoms with Crippen molar-refractivity contribution in [3.05, 3.63) is 0 Å². The van der Waals surface area contributed by atoms with E-state index in [1.807, 2.05) is 0 Å². The molecule has 0 N–H and O–H groups in total. The summed E-state index contributed by atoms with van der Waals surface area (Å²) < 4.78 is 16.9. The Balaban J connectivity index is 4.29. The Hall–Kier alpha value is -1.59. The Kier molecular flexibility index (Phi) is 49.1. The van der Waals surface area contributed by atoms with E-state index in [4.69, 9.17) is 14.2 Å². The van der Waals surface area contributed by atoms with Crippen LogP contribution in [0.15, 0.2) is 0 Å². The van der Waals surface area contributed by atoms with Crippen molar-refractivity contribution in [1.29, 1.82) is 0 Å². The van der Waals surface area contributed by atoms with Crippen molar-refractivity contribution in [2.24, 2.45) is 5.92 Å². The van der Waals surface area contributed by atoms with Gasteiger partial charge in [0.2, 0.25) is 0 Å². The predicted octanol–water partition coefficient (Wildman–Crippen LogP) is 18.2. The second-order valence-electron chi connectivity index (χ2n) is 19.7. The molecule has 0 rings (SSSR count). The van der Waals surface area contributed by atoms with Crippen LogP contribution < -0.4 is 0 Å². The van der Waals surface area contributed by atoms with Crippen LogP contribution in [0.1, 0.15) is 317 Å². The fraction of sp³-hybridized carbons (Fsp3) is 0.946. The molecule has 0 amide bonds. The van der Waals surface area contributed by atoms with Crippen LogP contribution in [0.2, 0.25) is 0 Å². The zero-order chi connectivity index (χ0) is 45.2. The van der Waals surface area contributed by atoms with Gasteiger partial charge in [-0.25, -0.2) is 0 Å². The molecule has 0 aromatic carbocycles. The van der Waals surface area contributed by atoms with E-state index in [0.717, 1.165) is 63.7 Å². The van der Waals surface area contributed by atoms with Crippen molar-refractivity contribution in [2.75, 3.05) is 13.2 Å². The summed E-state index contributed by atoms with van der Waals surface area (Å²) in [6, 6.07) is 0. The van der Waals surface area contributed by atoms with Crippen molar-refractivity contribution < 1.29 is 28.6 Å². The molecule has 0 aliphatic rings. The number of carbonyl (C=O) groups excluding carboxylic acids is 3. The minimum atomic E-state index is -0.761. The molecule has 0 unspecified atom stereocenters. The molecule has 0 spiro atoms. The SMILES string of the molecule is CCCCCCCCCCCCCCCCCCC(=O)OC[C@H](COC(=O)CCCCCCCCCCCCCCCCC)OC(=O)CCCCCCCCCCCCC(C)C. The fourth-order valence-corrected chi connectivity index (χ4v) is 8.57. The molecule has 0 bridgehead atoms. The summed E-state index contributed by atoms with van der Waals surface area (Å²) in [5, 5.41) is 0. The number of carbonyl (C=O) groups is 3. The van der Waals surface area contributed by atoms with Crippen molar-refractivity contribution in [3.8, 4) is 0 Å². The number of esters is 3. The number of rotatable bonds is 51. The molecule has 0 aliphatic carbocycles. The van der Waals surface area contributed by atoms with Crippen LogP contribution in [0.5, 0.6) is 0 Å². The second-order valence-corrected chi connectivity index (χ2v) is 19.7. The molecular weight excluding hydrogens is 769 g/mol. The zero-order valence-corrected chi connectivity index (χ0v) is 42.3. The lowest BCUT2D eigenvalue weighted by Gasteiger charge is -2.18. The van der Waals surface area contributed by atoms with E-state index in [1.54, 1.807) is 0 Å². The molecule has 0 radical (unpaired) electrons. The third-order valence-electron chi connectivity index (χ3n) is 12.8. The maximum absolute atomic E-state index is 12.8. The quantitative estimate of drug-likeness (QED) is 0.0344. The van der Waals surface area contributed by atoms with Crippen molar-refractivity contribution in [2.45, 2.75) is 323 Å². The molecule has 6 nitrogen and oxygen atoms in total. The first kappa shape index (κ1) is 60.4. The molecule has 0 aliphatic heterocycles. The van der Waals surface area contributed by atoms with Crippen LogP contribution >= 0.6 is 0 Å². The summed E-state index contributed by atoms with van der Waals surface area (Å²) in [6.07, 6.45) is 53.7. The highest BCUT2D eigenvalue weighted by Gasteiger charge is 2.19. The predicted molar refractivity (Wildman–Crippen MR) is 266 cm³/mol. The lowest BCUT2D eigenvalue weighted by molar-refractivity contribution is -0.167. The van der Waals surface area contributed by atoms with Gasteiger partial charge in [-0.05, 0) is 25.2 Å². The molecule has 0 saturated heterocycles. The maximum Gasteiger partial charge on any atom is 0.306 e. The molecule has 0 heterocycles. The van der Waals surface area contributed by atoms with E-state index in [1.165, 1.54) is 212 Å². The Morgan fingerprint density at radius 2 is 0.532 bits per heavy atom. The zero-order valence-electron chi connectivity index (χ0n) is 42.3. The van der Waals surface area contributed by atoms with E-state index in [-0.39, 0.29) is 31.1 Å². The summed E-state index contributed by atoms with van der Waals surface area (Å²) in [5.74, 6) is -0.0226. The van der Waals surface area contributed by atoms with Crippen molar-refractivity contribution in [1.82, 2.24) is 0 Å². The fourth-order valence-electron chi connectivity index (χ4n) is 8.57. The van der Waals surface area contributed by atoms with E-state index in [2.05, 4.69) is 27.7 Å². The average Bonchev–Trinajstić information content (AvgIpc) is 3.26. The molecule has 0 aromatic rings. The lowest BCUT2D eigenvalue weighted by atomic mass is 10.0. The molecule has 1 atom stereocenters. The number of ether oxygens (including phenoxy) is 3. The smallest absolute Gasteiger partial charge is 0.306 e. The summed E-state index contributed by atoms with van der Waals surface area (Å²) in [5.41, 5.74) is 0. The second kappa shape index (κ2) is 50.4. The van der Waals surface area contributed by atoms with Gasteiger partial charge >= 0.3 is 17.9 Å². The number of hydrogen-bond donors (Lipinski definition) is 0. The lowest BCUT2D eigenvalue weighted by Crippen LogP contribution is -2.30. The number of hydrogen-bond acceptors (Lipinski definition) is 6. The Morgan fingerprint density at radius 3 is 0.790 bits per heavy atom. The van der Waals surface area contributed by atoms with Crippen LogP contribution in [0, 0.1) is 5.92 Å². The highest BCUT2D eigenvalue weighted by molar-refractivity contribution is 5.71. The first-order valence-electron chi connectivity index (χ1n) is 27.9. The highest BCUT2D eigenvalue weighted by atomic mass is 16.6. The topological polar surface area (TPSA) is 78.9 Å². The third-order valence-corrected chi connectivity index (χ3v) is 12.8. The molecule has 62 heavy (non-hydrogen) atoms. The van der Waals surface area contributed by atoms with Gasteiger partial charge in [0.25, 0.3) is 0 Å². The van der Waals surface area contributed by atoms with Crippen LogP contribution in [0.4, 0.5) is 0 Å². The van der Waals surface area contributed by atoms with Gasteiger partial charge in [-0.3, -0.25) is 14.4 Å². The first-order valence-corrected chi connectivity index (χ1v) is 27.9. The normalized spacial score (nSPS) is 12.0. The van der Waals surface area contributed by atoms with Gasteiger partial charge in [-0.2, -0.15) is 0 Å². The summed E-state index contributed by atoms with van der Waals surface area (Å²) in [7, 11) is 0. The van der Waals surface area contributed by atoms with E-state index >= 15 is 0 Å². The minimum absolute atomic E-state index is 0.0624. The maximum atomic E-state index is 12.8. The minimum Gasteiger partial charge on any atom is -0.462 e. The van der Waals surface area contributed by atoms with Gasteiger partial charge < -0.3 is 14.2 Å². The van der Waals surface area contributed by atoms with Crippen molar-refractivity contribution in [3.63, 3.8) is 0 Å². The van der Waals surface area contributed by atoms with Gasteiger partial charge in [0.1, 0.15) is 13.2 Å². The standard InChI is InChI=1S/C56H108O6/c1-5-7-9-11-13-15-17-19-21-23-25-27-32-36-40-44-48-55(58)61-51-53(62-56(59)49-45-41-37-33-29-28-30-34-38-42-46-52(3)4)50-60-54(57)47-43-39-35-31-26-24-22-20-18-16-14-12-10-8-6-2/h52-53H,5-51H2,1-4H3/t53-/m0/s1. The van der Waals surface area contributed by atoms with Crippen LogP contribution in [0.3, 0.4) is 0 Å². The molecule has 0 fully saturated rings. The van der Waals surface area contributed by atoms with Crippen LogP contribution in [-0.4, -0.2) is 37.2 Å². The third kappa shape index (κ3) is 49.4. The van der Waals surface area contributed by atoms with Gasteiger partial charge in [-0.1, -0.05) is 278 Å². The van der Waals surface area contributed by atoms with Gasteiger partial charge in [-0.15, -0.1) is 0 Å².